The summed E-state index contributed by atoms with van der Waals surface area (Å²) in [5, 5.41) is 14.6. The predicted octanol–water partition coefficient (Wildman–Crippen LogP) is 3.97. The van der Waals surface area contributed by atoms with Crippen LogP contribution in [0.25, 0.3) is 11.4 Å². The van der Waals surface area contributed by atoms with Crippen molar-refractivity contribution in [3.8, 4) is 11.4 Å². The van der Waals surface area contributed by atoms with Crippen LogP contribution in [0.1, 0.15) is 18.9 Å². The molecule has 2 aromatic carbocycles. The molecule has 0 atom stereocenters. The number of benzene rings is 2. The van der Waals surface area contributed by atoms with E-state index < -0.39 is 11.9 Å². The standard InChI is InChI=1S/C21H22ClN5O2S/c1-2-12-23-20(29)24-18(28)14-30-21-26-25-19(16-10-6-7-11-17(16)22)27(21)13-15-8-4-3-5-9-15/h3-11H,2,12-14H2,1H3,(H2,23,24,28,29). The Hall–Kier alpha value is -2.84. The molecule has 0 radical (unpaired) electrons. The Kier molecular flexibility index (Phi) is 7.87. The van der Waals surface area contributed by atoms with Crippen molar-refractivity contribution in [3.63, 3.8) is 0 Å². The van der Waals surface area contributed by atoms with Gasteiger partial charge < -0.3 is 5.32 Å². The summed E-state index contributed by atoms with van der Waals surface area (Å²) >= 11 is 7.59. The molecular weight excluding hydrogens is 422 g/mol. The lowest BCUT2D eigenvalue weighted by atomic mass is 10.2. The molecule has 0 saturated heterocycles. The zero-order valence-electron chi connectivity index (χ0n) is 16.5. The van der Waals surface area contributed by atoms with Crippen molar-refractivity contribution >= 4 is 35.3 Å². The van der Waals surface area contributed by atoms with Crippen LogP contribution in [-0.4, -0.2) is 39.0 Å². The molecule has 0 aliphatic carbocycles. The molecule has 0 saturated carbocycles. The van der Waals surface area contributed by atoms with E-state index in [1.54, 1.807) is 6.07 Å². The number of nitrogens with one attached hydrogen (secondary N) is 2. The molecule has 3 rings (SSSR count). The molecule has 30 heavy (non-hydrogen) atoms. The zero-order valence-corrected chi connectivity index (χ0v) is 18.0. The molecule has 0 bridgehead atoms. The number of hydrogen-bond acceptors (Lipinski definition) is 5. The summed E-state index contributed by atoms with van der Waals surface area (Å²) in [6.45, 7) is 2.97. The molecule has 0 fully saturated rings. The molecule has 2 N–H and O–H groups in total. The maximum absolute atomic E-state index is 12.1. The number of urea groups is 1. The number of nitrogens with zero attached hydrogens (tertiary/aromatic N) is 3. The van der Waals surface area contributed by atoms with Crippen LogP contribution < -0.4 is 10.6 Å². The van der Waals surface area contributed by atoms with E-state index in [0.29, 0.717) is 29.1 Å². The van der Waals surface area contributed by atoms with Crippen molar-refractivity contribution in [1.82, 2.24) is 25.4 Å². The van der Waals surface area contributed by atoms with Gasteiger partial charge in [0.2, 0.25) is 5.91 Å². The van der Waals surface area contributed by atoms with Crippen molar-refractivity contribution in [2.75, 3.05) is 12.3 Å². The summed E-state index contributed by atoms with van der Waals surface area (Å²) in [6, 6.07) is 16.8. The number of carbonyl (C=O) groups excluding carboxylic acids is 2. The summed E-state index contributed by atoms with van der Waals surface area (Å²) in [6.07, 6.45) is 0.795. The highest BCUT2D eigenvalue weighted by Crippen LogP contribution is 2.29. The first-order chi connectivity index (χ1) is 14.6. The second-order valence-corrected chi connectivity index (χ2v) is 7.80. The molecule has 3 amide bonds. The first kappa shape index (κ1) is 21.9. The highest BCUT2D eigenvalue weighted by Gasteiger charge is 2.18. The Balaban J connectivity index is 1.79. The van der Waals surface area contributed by atoms with E-state index in [4.69, 9.17) is 11.6 Å². The smallest absolute Gasteiger partial charge is 0.321 e. The summed E-state index contributed by atoms with van der Waals surface area (Å²) in [4.78, 5) is 23.8. The largest absolute Gasteiger partial charge is 0.338 e. The van der Waals surface area contributed by atoms with Crippen LogP contribution in [0.4, 0.5) is 4.79 Å². The predicted molar refractivity (Wildman–Crippen MR) is 119 cm³/mol. The van der Waals surface area contributed by atoms with E-state index in [9.17, 15) is 9.59 Å². The molecule has 1 heterocycles. The third-order valence-electron chi connectivity index (χ3n) is 4.14. The lowest BCUT2D eigenvalue weighted by Crippen LogP contribution is -2.40. The summed E-state index contributed by atoms with van der Waals surface area (Å²) in [5.74, 6) is 0.254. The molecule has 156 valence electrons. The van der Waals surface area contributed by atoms with Crippen molar-refractivity contribution in [2.24, 2.45) is 0 Å². The normalized spacial score (nSPS) is 10.6. The Labute approximate surface area is 184 Å². The first-order valence-corrected chi connectivity index (χ1v) is 10.9. The Morgan fingerprint density at radius 2 is 1.80 bits per heavy atom. The number of carbonyl (C=O) groups is 2. The van der Waals surface area contributed by atoms with Gasteiger partial charge in [-0.05, 0) is 24.1 Å². The van der Waals surface area contributed by atoms with E-state index in [-0.39, 0.29) is 5.75 Å². The number of halogens is 1. The third-order valence-corrected chi connectivity index (χ3v) is 5.43. The Morgan fingerprint density at radius 3 is 2.53 bits per heavy atom. The number of imide groups is 1. The fourth-order valence-electron chi connectivity index (χ4n) is 2.72. The molecule has 0 aliphatic rings. The average molecular weight is 444 g/mol. The lowest BCUT2D eigenvalue weighted by Gasteiger charge is -2.11. The van der Waals surface area contributed by atoms with Gasteiger partial charge in [0.15, 0.2) is 11.0 Å². The van der Waals surface area contributed by atoms with Gasteiger partial charge in [0.1, 0.15) is 0 Å². The van der Waals surface area contributed by atoms with Gasteiger partial charge in [-0.2, -0.15) is 0 Å². The fraction of sp³-hybridized carbons (Fsp3) is 0.238. The van der Waals surface area contributed by atoms with Gasteiger partial charge in [-0.25, -0.2) is 4.79 Å². The van der Waals surface area contributed by atoms with E-state index in [1.165, 1.54) is 11.8 Å². The number of rotatable bonds is 8. The van der Waals surface area contributed by atoms with Gasteiger partial charge in [0.25, 0.3) is 0 Å². The van der Waals surface area contributed by atoms with Crippen LogP contribution in [0, 0.1) is 0 Å². The molecule has 9 heteroatoms. The van der Waals surface area contributed by atoms with Gasteiger partial charge in [-0.1, -0.05) is 72.8 Å². The molecule has 0 unspecified atom stereocenters. The van der Waals surface area contributed by atoms with Crippen LogP contribution >= 0.6 is 23.4 Å². The van der Waals surface area contributed by atoms with Crippen LogP contribution in [-0.2, 0) is 11.3 Å². The molecular formula is C21H22ClN5O2S. The average Bonchev–Trinajstić information content (AvgIpc) is 3.14. The van der Waals surface area contributed by atoms with Crippen LogP contribution in [0.2, 0.25) is 5.02 Å². The first-order valence-electron chi connectivity index (χ1n) is 9.51. The second-order valence-electron chi connectivity index (χ2n) is 6.45. The van der Waals surface area contributed by atoms with Gasteiger partial charge in [0, 0.05) is 12.1 Å². The zero-order chi connectivity index (χ0) is 21.3. The molecule has 1 aromatic heterocycles. The lowest BCUT2D eigenvalue weighted by molar-refractivity contribution is -0.117. The second kappa shape index (κ2) is 10.8. The highest BCUT2D eigenvalue weighted by molar-refractivity contribution is 7.99. The topological polar surface area (TPSA) is 88.9 Å². The van der Waals surface area contributed by atoms with Crippen molar-refractivity contribution in [3.05, 3.63) is 65.2 Å². The van der Waals surface area contributed by atoms with Crippen LogP contribution in [0.3, 0.4) is 0 Å². The van der Waals surface area contributed by atoms with Gasteiger partial charge in [0.05, 0.1) is 17.3 Å². The molecule has 0 aliphatic heterocycles. The van der Waals surface area contributed by atoms with E-state index in [1.807, 2.05) is 60.0 Å². The van der Waals surface area contributed by atoms with E-state index in [2.05, 4.69) is 20.8 Å². The molecule has 0 spiro atoms. The van der Waals surface area contributed by atoms with E-state index >= 15 is 0 Å². The van der Waals surface area contributed by atoms with E-state index in [0.717, 1.165) is 17.5 Å². The Morgan fingerprint density at radius 1 is 1.07 bits per heavy atom. The van der Waals surface area contributed by atoms with Crippen molar-refractivity contribution in [1.29, 1.82) is 0 Å². The van der Waals surface area contributed by atoms with Crippen LogP contribution in [0.5, 0.6) is 0 Å². The number of thioether (sulfide) groups is 1. The monoisotopic (exact) mass is 443 g/mol. The minimum Gasteiger partial charge on any atom is -0.338 e. The SMILES string of the molecule is CCCNC(=O)NC(=O)CSc1nnc(-c2ccccc2Cl)n1Cc1ccccc1. The summed E-state index contributed by atoms with van der Waals surface area (Å²) in [7, 11) is 0. The van der Waals surface area contributed by atoms with Gasteiger partial charge >= 0.3 is 6.03 Å². The third kappa shape index (κ3) is 5.84. The maximum Gasteiger partial charge on any atom is 0.321 e. The quantitative estimate of drug-likeness (QED) is 0.514. The number of aromatic nitrogens is 3. The minimum atomic E-state index is -0.495. The summed E-state index contributed by atoms with van der Waals surface area (Å²) < 4.78 is 1.92. The van der Waals surface area contributed by atoms with Crippen molar-refractivity contribution in [2.45, 2.75) is 25.0 Å². The maximum atomic E-state index is 12.1. The number of hydrogen-bond donors (Lipinski definition) is 2. The minimum absolute atomic E-state index is 0.0367. The molecule has 7 nitrogen and oxygen atoms in total. The Bertz CT molecular complexity index is 1010. The number of amides is 3. The fourth-order valence-corrected chi connectivity index (χ4v) is 3.68. The van der Waals surface area contributed by atoms with Crippen molar-refractivity contribution < 1.29 is 9.59 Å². The van der Waals surface area contributed by atoms with Crippen LogP contribution in [0.15, 0.2) is 59.8 Å². The van der Waals surface area contributed by atoms with Gasteiger partial charge in [-0.15, -0.1) is 10.2 Å². The highest BCUT2D eigenvalue weighted by atomic mass is 35.5. The van der Waals surface area contributed by atoms with Gasteiger partial charge in [-0.3, -0.25) is 14.7 Å². The summed E-state index contributed by atoms with van der Waals surface area (Å²) in [5.41, 5.74) is 1.83. The molecule has 3 aromatic rings.